The zero-order chi connectivity index (χ0) is 15.4. The van der Waals surface area contributed by atoms with Gasteiger partial charge in [0.15, 0.2) is 6.29 Å². The maximum atomic E-state index is 9.60. The van der Waals surface area contributed by atoms with Crippen molar-refractivity contribution in [1.29, 1.82) is 0 Å². The Bertz CT molecular complexity index is 333. The highest BCUT2D eigenvalue weighted by Crippen LogP contribution is 2.47. The van der Waals surface area contributed by atoms with Gasteiger partial charge in [0, 0.05) is 13.0 Å². The number of aliphatic hydroxyl groups is 1. The van der Waals surface area contributed by atoms with Crippen LogP contribution in [0.25, 0.3) is 0 Å². The molecule has 6 atom stereocenters. The van der Waals surface area contributed by atoms with Gasteiger partial charge in [-0.3, -0.25) is 0 Å². The lowest BCUT2D eigenvalue weighted by Gasteiger charge is -2.44. The van der Waals surface area contributed by atoms with Gasteiger partial charge in [0.2, 0.25) is 0 Å². The number of hydrogen-bond acceptors (Lipinski definition) is 3. The summed E-state index contributed by atoms with van der Waals surface area (Å²) in [6.45, 7) is 3.80. The zero-order valence-electron chi connectivity index (χ0n) is 14.2. The Kier molecular flexibility index (Phi) is 6.17. The average Bonchev–Trinajstić information content (AvgIpc) is 2.96. The molecule has 0 aromatic rings. The monoisotopic (exact) mass is 310 g/mol. The van der Waals surface area contributed by atoms with Gasteiger partial charge in [-0.25, -0.2) is 0 Å². The predicted octanol–water partition coefficient (Wildman–Crippen LogP) is 4.13. The molecule has 0 aromatic carbocycles. The maximum Gasteiger partial charge on any atom is 0.181 e. The summed E-state index contributed by atoms with van der Waals surface area (Å²) in [6.07, 6.45) is 12.7. The zero-order valence-corrected chi connectivity index (χ0v) is 14.2. The summed E-state index contributed by atoms with van der Waals surface area (Å²) in [5.41, 5.74) is 0. The first-order valence-electron chi connectivity index (χ1n) is 9.69. The molecule has 3 rings (SSSR count). The number of aliphatic hydroxyl groups excluding tert-OH is 1. The summed E-state index contributed by atoms with van der Waals surface area (Å²) in [5.74, 6) is 3.92. The van der Waals surface area contributed by atoms with E-state index >= 15 is 0 Å². The van der Waals surface area contributed by atoms with Crippen molar-refractivity contribution >= 4 is 0 Å². The van der Waals surface area contributed by atoms with E-state index in [1.807, 2.05) is 0 Å². The van der Waals surface area contributed by atoms with E-state index < -0.39 is 6.29 Å². The quantitative estimate of drug-likeness (QED) is 0.750. The van der Waals surface area contributed by atoms with E-state index in [4.69, 9.17) is 9.47 Å². The molecule has 6 unspecified atom stereocenters. The first-order valence-corrected chi connectivity index (χ1v) is 9.69. The van der Waals surface area contributed by atoms with Gasteiger partial charge >= 0.3 is 0 Å². The molecule has 22 heavy (non-hydrogen) atoms. The van der Waals surface area contributed by atoms with Gasteiger partial charge in [-0.15, -0.1) is 0 Å². The highest BCUT2D eigenvalue weighted by molar-refractivity contribution is 4.87. The van der Waals surface area contributed by atoms with Gasteiger partial charge < -0.3 is 14.6 Å². The average molecular weight is 310 g/mol. The summed E-state index contributed by atoms with van der Waals surface area (Å²) in [5, 5.41) is 9.60. The normalized spacial score (nSPS) is 42.3. The molecule has 0 bridgehead atoms. The molecule has 0 aromatic heterocycles. The molecule has 3 nitrogen and oxygen atoms in total. The van der Waals surface area contributed by atoms with Crippen LogP contribution in [0.4, 0.5) is 0 Å². The van der Waals surface area contributed by atoms with Crippen molar-refractivity contribution in [3.05, 3.63) is 0 Å². The number of hydrogen-bond donors (Lipinski definition) is 1. The lowest BCUT2D eigenvalue weighted by Crippen LogP contribution is -2.34. The van der Waals surface area contributed by atoms with Crippen molar-refractivity contribution in [2.75, 3.05) is 13.2 Å². The minimum Gasteiger partial charge on any atom is -0.373 e. The topological polar surface area (TPSA) is 38.7 Å². The Labute approximate surface area is 135 Å². The van der Waals surface area contributed by atoms with Gasteiger partial charge in [-0.2, -0.15) is 0 Å². The number of rotatable bonds is 6. The van der Waals surface area contributed by atoms with Crippen LogP contribution in [-0.4, -0.2) is 30.7 Å². The Morgan fingerprint density at radius 1 is 1.05 bits per heavy atom. The van der Waals surface area contributed by atoms with Crippen LogP contribution in [0, 0.1) is 23.7 Å². The second-order valence-electron chi connectivity index (χ2n) is 7.81. The molecule has 1 N–H and O–H groups in total. The van der Waals surface area contributed by atoms with Gasteiger partial charge in [-0.1, -0.05) is 39.0 Å². The molecule has 128 valence electrons. The van der Waals surface area contributed by atoms with E-state index in [0.29, 0.717) is 6.61 Å². The van der Waals surface area contributed by atoms with Gasteiger partial charge in [0.25, 0.3) is 0 Å². The smallest absolute Gasteiger partial charge is 0.181 e. The van der Waals surface area contributed by atoms with Crippen LogP contribution in [-0.2, 0) is 9.47 Å². The summed E-state index contributed by atoms with van der Waals surface area (Å²) < 4.78 is 10.9. The highest BCUT2D eigenvalue weighted by atomic mass is 16.6. The fourth-order valence-electron chi connectivity index (χ4n) is 5.22. The third-order valence-electron chi connectivity index (χ3n) is 6.53. The van der Waals surface area contributed by atoms with E-state index in [9.17, 15) is 5.11 Å². The van der Waals surface area contributed by atoms with Crippen LogP contribution in [0.1, 0.15) is 71.1 Å². The van der Waals surface area contributed by atoms with E-state index in [1.54, 1.807) is 0 Å². The van der Waals surface area contributed by atoms with Gasteiger partial charge in [-0.05, 0) is 49.4 Å². The Morgan fingerprint density at radius 2 is 1.77 bits per heavy atom. The van der Waals surface area contributed by atoms with Gasteiger partial charge in [0.05, 0.1) is 6.61 Å². The Hall–Kier alpha value is -0.120. The van der Waals surface area contributed by atoms with E-state index in [-0.39, 0.29) is 6.10 Å². The molecular weight excluding hydrogens is 276 g/mol. The van der Waals surface area contributed by atoms with Crippen molar-refractivity contribution in [2.45, 2.75) is 83.5 Å². The molecule has 0 amide bonds. The maximum absolute atomic E-state index is 9.60. The van der Waals surface area contributed by atoms with Crippen molar-refractivity contribution < 1.29 is 14.6 Å². The van der Waals surface area contributed by atoms with Crippen LogP contribution in [0.2, 0.25) is 0 Å². The largest absolute Gasteiger partial charge is 0.373 e. The molecule has 2 aliphatic carbocycles. The Balaban J connectivity index is 1.40. The van der Waals surface area contributed by atoms with Crippen molar-refractivity contribution in [2.24, 2.45) is 23.7 Å². The second kappa shape index (κ2) is 8.12. The Morgan fingerprint density at radius 3 is 2.41 bits per heavy atom. The van der Waals surface area contributed by atoms with Crippen molar-refractivity contribution in [3.8, 4) is 0 Å². The molecule has 0 radical (unpaired) electrons. The highest BCUT2D eigenvalue weighted by Gasteiger charge is 2.36. The summed E-state index contributed by atoms with van der Waals surface area (Å²) in [4.78, 5) is 0. The second-order valence-corrected chi connectivity index (χ2v) is 7.81. The summed E-state index contributed by atoms with van der Waals surface area (Å²) in [6, 6.07) is 0. The van der Waals surface area contributed by atoms with Crippen LogP contribution in [0.15, 0.2) is 0 Å². The molecule has 3 aliphatic rings. The number of fused-ring (bicyclic) bond motifs is 1. The van der Waals surface area contributed by atoms with E-state index in [2.05, 4.69) is 6.92 Å². The SMILES string of the molecule is CCC1CC2CCCCC2CC1CCCOC1CCOC1O. The van der Waals surface area contributed by atoms with Crippen molar-refractivity contribution in [1.82, 2.24) is 0 Å². The molecular formula is C19H34O3. The standard InChI is InChI=1S/C19H34O3/c1-2-14-12-16-6-3-4-7-17(16)13-15(14)8-5-10-21-18-9-11-22-19(18)20/h14-20H,2-13H2,1H3. The van der Waals surface area contributed by atoms with Crippen LogP contribution < -0.4 is 0 Å². The molecule has 3 heteroatoms. The summed E-state index contributed by atoms with van der Waals surface area (Å²) >= 11 is 0. The van der Waals surface area contributed by atoms with Crippen LogP contribution >= 0.6 is 0 Å². The molecule has 0 spiro atoms. The van der Waals surface area contributed by atoms with E-state index in [0.717, 1.165) is 43.1 Å². The molecule has 1 aliphatic heterocycles. The first-order chi connectivity index (χ1) is 10.8. The summed E-state index contributed by atoms with van der Waals surface area (Å²) in [7, 11) is 0. The third-order valence-corrected chi connectivity index (χ3v) is 6.53. The van der Waals surface area contributed by atoms with Crippen molar-refractivity contribution in [3.63, 3.8) is 0 Å². The fraction of sp³-hybridized carbons (Fsp3) is 1.00. The molecule has 1 saturated heterocycles. The van der Waals surface area contributed by atoms with Gasteiger partial charge in [0.1, 0.15) is 6.10 Å². The fourth-order valence-corrected chi connectivity index (χ4v) is 5.22. The minimum absolute atomic E-state index is 0.0870. The first kappa shape index (κ1) is 16.7. The van der Waals surface area contributed by atoms with Crippen LogP contribution in [0.3, 0.4) is 0 Å². The third kappa shape index (κ3) is 4.04. The lowest BCUT2D eigenvalue weighted by molar-refractivity contribution is -0.128. The molecule has 1 heterocycles. The molecule has 2 saturated carbocycles. The minimum atomic E-state index is -0.693. The predicted molar refractivity (Wildman–Crippen MR) is 87.5 cm³/mol. The van der Waals surface area contributed by atoms with Crippen LogP contribution in [0.5, 0.6) is 0 Å². The molecule has 3 fully saturated rings. The van der Waals surface area contributed by atoms with E-state index in [1.165, 1.54) is 51.4 Å². The number of ether oxygens (including phenoxy) is 2. The lowest BCUT2D eigenvalue weighted by atomic mass is 9.62.